The molecule has 0 heterocycles. The fourth-order valence-corrected chi connectivity index (χ4v) is 2.44. The molecule has 0 aromatic heterocycles. The molecule has 27 heavy (non-hydrogen) atoms. The Hall–Kier alpha value is -1.83. The third-order valence-corrected chi connectivity index (χ3v) is 3.46. The van der Waals surface area contributed by atoms with Crippen LogP contribution < -0.4 is 0 Å². The van der Waals surface area contributed by atoms with Crippen molar-refractivity contribution >= 4 is 18.2 Å². The lowest BCUT2D eigenvalue weighted by Gasteiger charge is -2.33. The second-order valence-electron chi connectivity index (χ2n) is 9.64. The number of nitrogens with zero attached hydrogens (tertiary/aromatic N) is 1. The van der Waals surface area contributed by atoms with Gasteiger partial charge < -0.3 is 18.9 Å². The molecule has 0 unspecified atom stereocenters. The van der Waals surface area contributed by atoms with Crippen molar-refractivity contribution in [2.24, 2.45) is 5.92 Å². The van der Waals surface area contributed by atoms with E-state index in [2.05, 4.69) is 0 Å². The number of ether oxygens (including phenoxy) is 4. The van der Waals surface area contributed by atoms with Crippen molar-refractivity contribution in [3.8, 4) is 0 Å². The highest BCUT2D eigenvalue weighted by molar-refractivity contribution is 5.92. The van der Waals surface area contributed by atoms with Crippen LogP contribution in [0.15, 0.2) is 0 Å². The van der Waals surface area contributed by atoms with E-state index in [4.69, 9.17) is 18.9 Å². The van der Waals surface area contributed by atoms with Crippen LogP contribution in [-0.4, -0.2) is 52.7 Å². The molecular formula is C19H33NO7. The molecule has 0 bridgehead atoms. The Balaban J connectivity index is 3.19. The highest BCUT2D eigenvalue weighted by Gasteiger charge is 2.69. The number of hydrogen-bond acceptors (Lipinski definition) is 7. The zero-order valence-corrected chi connectivity index (χ0v) is 18.1. The molecule has 0 aliphatic heterocycles. The predicted molar refractivity (Wildman–Crippen MR) is 98.0 cm³/mol. The minimum atomic E-state index is -1.49. The average molecular weight is 387 g/mol. The van der Waals surface area contributed by atoms with Gasteiger partial charge in [0, 0.05) is 13.5 Å². The Kier molecular flexibility index (Phi) is 6.27. The molecule has 0 aromatic carbocycles. The molecular weight excluding hydrogens is 354 g/mol. The molecule has 0 N–H and O–H groups in total. The largest absolute Gasteiger partial charge is 0.460 e. The summed E-state index contributed by atoms with van der Waals surface area (Å²) in [5.74, 6) is -1.37. The topological polar surface area (TPSA) is 91.4 Å². The molecule has 0 saturated heterocycles. The Morgan fingerprint density at radius 2 is 1.15 bits per heavy atom. The van der Waals surface area contributed by atoms with Crippen LogP contribution in [0.4, 0.5) is 9.59 Å². The molecule has 1 saturated carbocycles. The third-order valence-electron chi connectivity index (χ3n) is 3.46. The highest BCUT2D eigenvalue weighted by atomic mass is 16.6. The minimum Gasteiger partial charge on any atom is -0.460 e. The van der Waals surface area contributed by atoms with E-state index >= 15 is 0 Å². The SMILES string of the molecule is CO[C@]1(N(C(=O)OC(C)(C)C)C(=O)OC(C)(C)C)C[C@H]1C(=O)OC(C)(C)C. The molecule has 0 radical (unpaired) electrons. The van der Waals surface area contributed by atoms with Crippen LogP contribution in [0.25, 0.3) is 0 Å². The third kappa shape index (κ3) is 6.37. The van der Waals surface area contributed by atoms with Gasteiger partial charge in [-0.3, -0.25) is 4.79 Å². The highest BCUT2D eigenvalue weighted by Crippen LogP contribution is 2.51. The van der Waals surface area contributed by atoms with Crippen molar-refractivity contribution in [2.45, 2.75) is 91.3 Å². The summed E-state index contributed by atoms with van der Waals surface area (Å²) in [6, 6.07) is 0. The van der Waals surface area contributed by atoms with Gasteiger partial charge in [-0.1, -0.05) is 0 Å². The van der Waals surface area contributed by atoms with E-state index in [9.17, 15) is 14.4 Å². The van der Waals surface area contributed by atoms with Crippen molar-refractivity contribution in [1.29, 1.82) is 0 Å². The van der Waals surface area contributed by atoms with Gasteiger partial charge in [0.15, 0.2) is 5.72 Å². The number of carbonyl (C=O) groups is 3. The van der Waals surface area contributed by atoms with E-state index in [1.54, 1.807) is 62.3 Å². The number of rotatable bonds is 3. The van der Waals surface area contributed by atoms with Crippen LogP contribution >= 0.6 is 0 Å². The maximum Gasteiger partial charge on any atom is 0.422 e. The van der Waals surface area contributed by atoms with Gasteiger partial charge in [-0.05, 0) is 62.3 Å². The van der Waals surface area contributed by atoms with Gasteiger partial charge in [-0.15, -0.1) is 0 Å². The summed E-state index contributed by atoms with van der Waals surface area (Å²) >= 11 is 0. The first-order valence-corrected chi connectivity index (χ1v) is 8.96. The number of carbonyl (C=O) groups excluding carboxylic acids is 3. The Labute approximate surface area is 161 Å². The smallest absolute Gasteiger partial charge is 0.422 e. The Bertz CT molecular complexity index is 567. The molecule has 1 rings (SSSR count). The molecule has 2 amide bonds. The van der Waals surface area contributed by atoms with E-state index in [-0.39, 0.29) is 6.42 Å². The molecule has 0 spiro atoms. The summed E-state index contributed by atoms with van der Waals surface area (Å²) in [6.07, 6.45) is -1.77. The van der Waals surface area contributed by atoms with Crippen LogP contribution in [0.3, 0.4) is 0 Å². The number of methoxy groups -OCH3 is 1. The average Bonchev–Trinajstić information content (AvgIpc) is 3.08. The lowest BCUT2D eigenvalue weighted by atomic mass is 10.2. The first-order chi connectivity index (χ1) is 11.9. The van der Waals surface area contributed by atoms with Crippen molar-refractivity contribution in [2.75, 3.05) is 7.11 Å². The van der Waals surface area contributed by atoms with Crippen molar-refractivity contribution in [1.82, 2.24) is 4.90 Å². The van der Waals surface area contributed by atoms with E-state index < -0.39 is 46.6 Å². The molecule has 156 valence electrons. The Morgan fingerprint density at radius 1 is 0.778 bits per heavy atom. The number of amides is 2. The van der Waals surface area contributed by atoms with Crippen LogP contribution in [0.1, 0.15) is 68.7 Å². The van der Waals surface area contributed by atoms with Crippen LogP contribution in [-0.2, 0) is 23.7 Å². The predicted octanol–water partition coefficient (Wildman–Crippen LogP) is 3.86. The summed E-state index contributed by atoms with van der Waals surface area (Å²) in [5, 5.41) is 0. The molecule has 8 heteroatoms. The quantitative estimate of drug-likeness (QED) is 0.412. The Morgan fingerprint density at radius 3 is 1.44 bits per heavy atom. The maximum absolute atomic E-state index is 12.8. The maximum atomic E-state index is 12.8. The fourth-order valence-electron chi connectivity index (χ4n) is 2.44. The summed E-state index contributed by atoms with van der Waals surface area (Å²) < 4.78 is 21.5. The number of hydrogen-bond donors (Lipinski definition) is 0. The van der Waals surface area contributed by atoms with Gasteiger partial charge in [0.25, 0.3) is 0 Å². The van der Waals surface area contributed by atoms with E-state index in [0.717, 1.165) is 4.90 Å². The molecule has 0 aromatic rings. The van der Waals surface area contributed by atoms with E-state index in [1.165, 1.54) is 7.11 Å². The van der Waals surface area contributed by atoms with Crippen molar-refractivity contribution in [3.05, 3.63) is 0 Å². The minimum absolute atomic E-state index is 0.108. The molecule has 1 fully saturated rings. The van der Waals surface area contributed by atoms with Crippen LogP contribution in [0, 0.1) is 5.92 Å². The number of esters is 1. The van der Waals surface area contributed by atoms with Crippen LogP contribution in [0.5, 0.6) is 0 Å². The van der Waals surface area contributed by atoms with E-state index in [1.807, 2.05) is 0 Å². The van der Waals surface area contributed by atoms with Gasteiger partial charge in [-0.2, -0.15) is 4.90 Å². The summed E-state index contributed by atoms with van der Waals surface area (Å²) in [6.45, 7) is 15.3. The summed E-state index contributed by atoms with van der Waals surface area (Å²) in [7, 11) is 1.33. The second-order valence-corrected chi connectivity index (χ2v) is 9.64. The second kappa shape index (κ2) is 7.30. The van der Waals surface area contributed by atoms with E-state index in [0.29, 0.717) is 0 Å². The molecule has 1 aliphatic rings. The van der Waals surface area contributed by atoms with Gasteiger partial charge in [0.1, 0.15) is 22.7 Å². The summed E-state index contributed by atoms with van der Waals surface area (Å²) in [4.78, 5) is 38.7. The number of imide groups is 1. The monoisotopic (exact) mass is 387 g/mol. The van der Waals surface area contributed by atoms with Gasteiger partial charge in [-0.25, -0.2) is 9.59 Å². The zero-order chi connectivity index (χ0) is 21.4. The molecule has 1 aliphatic carbocycles. The summed E-state index contributed by atoms with van der Waals surface area (Å²) in [5.41, 5.74) is -3.89. The normalized spacial score (nSPS) is 22.7. The molecule has 8 nitrogen and oxygen atoms in total. The first-order valence-electron chi connectivity index (χ1n) is 8.96. The van der Waals surface area contributed by atoms with Gasteiger partial charge >= 0.3 is 18.2 Å². The zero-order valence-electron chi connectivity index (χ0n) is 18.1. The standard InChI is InChI=1S/C19H33NO7/c1-16(2,3)25-13(21)12-11-19(12,24-10)20(14(22)26-17(4,5)6)15(23)27-18(7,8)9/h12H,11H2,1-10H3/t12-,19+/m0/s1. The fraction of sp³-hybridized carbons (Fsp3) is 0.842. The van der Waals surface area contributed by atoms with Crippen molar-refractivity contribution in [3.63, 3.8) is 0 Å². The lowest BCUT2D eigenvalue weighted by molar-refractivity contribution is -0.161. The van der Waals surface area contributed by atoms with Crippen LogP contribution in [0.2, 0.25) is 0 Å². The van der Waals surface area contributed by atoms with Crippen molar-refractivity contribution < 1.29 is 33.3 Å². The van der Waals surface area contributed by atoms with Gasteiger partial charge in [0.05, 0.1) is 0 Å². The lowest BCUT2D eigenvalue weighted by Crippen LogP contribution is -2.53. The van der Waals surface area contributed by atoms with Gasteiger partial charge in [0.2, 0.25) is 0 Å². The first kappa shape index (κ1) is 23.2. The molecule has 2 atom stereocenters.